The lowest BCUT2D eigenvalue weighted by Crippen LogP contribution is -2.38. The van der Waals surface area contributed by atoms with Crippen molar-refractivity contribution in [2.45, 2.75) is 32.7 Å². The summed E-state index contributed by atoms with van der Waals surface area (Å²) in [6, 6.07) is 15.6. The van der Waals surface area contributed by atoms with Gasteiger partial charge in [-0.3, -0.25) is 4.90 Å². The number of aliphatic hydroxyl groups excluding tert-OH is 2. The van der Waals surface area contributed by atoms with Gasteiger partial charge >= 0.3 is 0 Å². The number of allylic oxidation sites excluding steroid dienone is 5. The molecule has 1 heterocycles. The minimum absolute atomic E-state index is 0.123. The van der Waals surface area contributed by atoms with Crippen molar-refractivity contribution in [2.75, 3.05) is 32.9 Å². The van der Waals surface area contributed by atoms with E-state index in [1.54, 1.807) is 12.1 Å². The molecule has 190 valence electrons. The van der Waals surface area contributed by atoms with Crippen LogP contribution in [0.1, 0.15) is 37.8 Å². The monoisotopic (exact) mass is 487 g/mol. The Hall–Kier alpha value is -3.12. The van der Waals surface area contributed by atoms with Crippen LogP contribution in [0.4, 0.5) is 0 Å². The third-order valence-corrected chi connectivity index (χ3v) is 7.01. The summed E-state index contributed by atoms with van der Waals surface area (Å²) in [5.41, 5.74) is 6.86. The highest BCUT2D eigenvalue weighted by Crippen LogP contribution is 2.41. The van der Waals surface area contributed by atoms with Crippen LogP contribution in [0, 0.1) is 5.92 Å². The first kappa shape index (κ1) is 26.0. The molecule has 4 rings (SSSR count). The van der Waals surface area contributed by atoms with Crippen molar-refractivity contribution in [1.29, 1.82) is 0 Å². The van der Waals surface area contributed by atoms with Crippen molar-refractivity contribution in [2.24, 2.45) is 5.92 Å². The van der Waals surface area contributed by atoms with E-state index < -0.39 is 0 Å². The van der Waals surface area contributed by atoms with Crippen LogP contribution in [0.25, 0.3) is 5.57 Å². The van der Waals surface area contributed by atoms with E-state index in [1.807, 2.05) is 44.2 Å². The largest absolute Gasteiger partial charge is 0.508 e. The molecule has 0 saturated carbocycles. The van der Waals surface area contributed by atoms with Crippen molar-refractivity contribution in [3.8, 4) is 11.5 Å². The molecule has 0 aromatic heterocycles. The van der Waals surface area contributed by atoms with Crippen LogP contribution in [0.2, 0.25) is 0 Å². The molecule has 1 fully saturated rings. The standard InChI is InChI=1S/C31H37NO4/c1-3-6-22(4-2)28(7-5-17-33)31(23-8-12-26(35)13-9-23)24-10-14-27(15-11-24)36-18-16-32-20-25-19-29(25)30(32)21-34/h3-4,6,8-15,19,29-30,33-35H,5,7,16-18,20-21H2,1-2H3/b6-3-,22-4+,31-28-/t29-,30-/m1/s1. The predicted octanol–water partition coefficient (Wildman–Crippen LogP) is 5.10. The molecule has 0 spiro atoms. The average Bonchev–Trinajstić information content (AvgIpc) is 3.57. The maximum Gasteiger partial charge on any atom is 0.119 e. The smallest absolute Gasteiger partial charge is 0.119 e. The minimum Gasteiger partial charge on any atom is -0.508 e. The first-order valence-electron chi connectivity index (χ1n) is 12.8. The number of rotatable bonds is 12. The predicted molar refractivity (Wildman–Crippen MR) is 145 cm³/mol. The molecule has 1 saturated heterocycles. The Labute approximate surface area is 214 Å². The number of fused-ring (bicyclic) bond motifs is 1. The molecule has 36 heavy (non-hydrogen) atoms. The maximum atomic E-state index is 9.87. The van der Waals surface area contributed by atoms with Gasteiger partial charge in [0.25, 0.3) is 0 Å². The highest BCUT2D eigenvalue weighted by molar-refractivity contribution is 5.85. The normalized spacial score (nSPS) is 20.3. The minimum atomic E-state index is 0.123. The average molecular weight is 488 g/mol. The topological polar surface area (TPSA) is 73.2 Å². The van der Waals surface area contributed by atoms with Gasteiger partial charge in [0.15, 0.2) is 0 Å². The lowest BCUT2D eigenvalue weighted by Gasteiger charge is -2.24. The van der Waals surface area contributed by atoms with Crippen LogP contribution in [-0.2, 0) is 0 Å². The van der Waals surface area contributed by atoms with Crippen LogP contribution in [-0.4, -0.2) is 59.2 Å². The molecule has 0 amide bonds. The third-order valence-electron chi connectivity index (χ3n) is 7.01. The zero-order valence-corrected chi connectivity index (χ0v) is 21.2. The zero-order chi connectivity index (χ0) is 25.5. The first-order valence-corrected chi connectivity index (χ1v) is 12.8. The number of benzene rings is 2. The number of likely N-dealkylation sites (tertiary alicyclic amines) is 1. The Morgan fingerprint density at radius 1 is 1.03 bits per heavy atom. The number of phenols is 1. The fourth-order valence-corrected chi connectivity index (χ4v) is 5.11. The second-order valence-corrected chi connectivity index (χ2v) is 9.33. The van der Waals surface area contributed by atoms with Crippen molar-refractivity contribution in [3.05, 3.63) is 101 Å². The van der Waals surface area contributed by atoms with Crippen LogP contribution >= 0.6 is 0 Å². The van der Waals surface area contributed by atoms with Crippen molar-refractivity contribution >= 4 is 5.57 Å². The molecule has 0 bridgehead atoms. The number of aliphatic hydroxyl groups is 2. The zero-order valence-electron chi connectivity index (χ0n) is 21.2. The maximum absolute atomic E-state index is 9.87. The number of nitrogens with zero attached hydrogens (tertiary/aromatic N) is 1. The molecule has 5 nitrogen and oxygen atoms in total. The summed E-state index contributed by atoms with van der Waals surface area (Å²) in [6.45, 7) is 6.64. The fraction of sp³-hybridized carbons (Fsp3) is 0.355. The summed E-state index contributed by atoms with van der Waals surface area (Å²) >= 11 is 0. The highest BCUT2D eigenvalue weighted by atomic mass is 16.5. The summed E-state index contributed by atoms with van der Waals surface area (Å²) < 4.78 is 6.05. The Kier molecular flexibility index (Phi) is 8.81. The third kappa shape index (κ3) is 5.98. The van der Waals surface area contributed by atoms with E-state index in [1.165, 1.54) is 5.57 Å². The SMILES string of the molecule is C\C=C/C(=C\C)C(/CCCO)=C(/c1ccc(O)cc1)c1ccc(OCCN2CC3=C[C@H]3[C@H]2CO)cc1. The first-order chi connectivity index (χ1) is 17.6. The number of ether oxygens (including phenoxy) is 1. The molecule has 2 aromatic rings. The molecule has 5 heteroatoms. The van der Waals surface area contributed by atoms with Crippen LogP contribution in [0.5, 0.6) is 11.5 Å². The highest BCUT2D eigenvalue weighted by Gasteiger charge is 2.43. The Bertz CT molecular complexity index is 1140. The molecule has 0 radical (unpaired) electrons. The van der Waals surface area contributed by atoms with Gasteiger partial charge in [0, 0.05) is 31.7 Å². The summed E-state index contributed by atoms with van der Waals surface area (Å²) in [4.78, 5) is 2.30. The van der Waals surface area contributed by atoms with E-state index in [4.69, 9.17) is 4.74 Å². The quantitative estimate of drug-likeness (QED) is 0.287. The molecule has 1 aliphatic heterocycles. The Morgan fingerprint density at radius 3 is 2.33 bits per heavy atom. The van der Waals surface area contributed by atoms with Crippen molar-refractivity contribution in [1.82, 2.24) is 4.90 Å². The summed E-state index contributed by atoms with van der Waals surface area (Å²) in [6.07, 6.45) is 9.87. The van der Waals surface area contributed by atoms with Gasteiger partial charge in [-0.1, -0.05) is 54.1 Å². The molecule has 2 aliphatic rings. The van der Waals surface area contributed by atoms with E-state index in [0.29, 0.717) is 18.9 Å². The van der Waals surface area contributed by atoms with E-state index in [0.717, 1.165) is 53.1 Å². The number of aromatic hydroxyl groups is 1. The van der Waals surface area contributed by atoms with E-state index in [9.17, 15) is 15.3 Å². The lowest BCUT2D eigenvalue weighted by molar-refractivity contribution is 0.128. The molecular formula is C31H37NO4. The van der Waals surface area contributed by atoms with Gasteiger partial charge in [0.05, 0.1) is 6.61 Å². The van der Waals surface area contributed by atoms with Gasteiger partial charge in [-0.25, -0.2) is 0 Å². The van der Waals surface area contributed by atoms with E-state index >= 15 is 0 Å². The number of phenolic OH excluding ortho intramolecular Hbond substituents is 1. The Morgan fingerprint density at radius 2 is 1.72 bits per heavy atom. The number of hydrogen-bond donors (Lipinski definition) is 3. The van der Waals surface area contributed by atoms with Gasteiger partial charge in [0.2, 0.25) is 0 Å². The van der Waals surface area contributed by atoms with Crippen molar-refractivity contribution < 1.29 is 20.1 Å². The second kappa shape index (κ2) is 12.2. The van der Waals surface area contributed by atoms with Crippen molar-refractivity contribution in [3.63, 3.8) is 0 Å². The molecule has 2 aromatic carbocycles. The molecule has 2 atom stereocenters. The second-order valence-electron chi connectivity index (χ2n) is 9.33. The molecule has 1 aliphatic carbocycles. The van der Waals surface area contributed by atoms with Crippen LogP contribution in [0.15, 0.2) is 89.6 Å². The van der Waals surface area contributed by atoms with Gasteiger partial charge in [-0.15, -0.1) is 0 Å². The van der Waals surface area contributed by atoms with Gasteiger partial charge in [-0.2, -0.15) is 0 Å². The van der Waals surface area contributed by atoms with Gasteiger partial charge in [-0.05, 0) is 78.8 Å². The molecule has 0 unspecified atom stereocenters. The fourth-order valence-electron chi connectivity index (χ4n) is 5.11. The number of hydrogen-bond acceptors (Lipinski definition) is 5. The van der Waals surface area contributed by atoms with Gasteiger partial charge in [0.1, 0.15) is 18.1 Å². The van der Waals surface area contributed by atoms with Crippen LogP contribution in [0.3, 0.4) is 0 Å². The summed E-state index contributed by atoms with van der Waals surface area (Å²) in [5, 5.41) is 29.1. The molecular weight excluding hydrogens is 450 g/mol. The van der Waals surface area contributed by atoms with Gasteiger partial charge < -0.3 is 20.1 Å². The summed E-state index contributed by atoms with van der Waals surface area (Å²) in [7, 11) is 0. The summed E-state index contributed by atoms with van der Waals surface area (Å²) in [5.74, 6) is 1.52. The van der Waals surface area contributed by atoms with E-state index in [-0.39, 0.29) is 25.0 Å². The van der Waals surface area contributed by atoms with E-state index in [2.05, 4.69) is 35.3 Å². The molecule has 3 N–H and O–H groups in total. The van der Waals surface area contributed by atoms with Crippen LogP contribution < -0.4 is 4.74 Å². The lowest BCUT2D eigenvalue weighted by atomic mass is 9.86. The Balaban J connectivity index is 1.57.